The van der Waals surface area contributed by atoms with Gasteiger partial charge in [-0.2, -0.15) is 0 Å². The number of carboxylic acid groups (broad SMARTS) is 1. The quantitative estimate of drug-likeness (QED) is 0.671. The maximum Gasteiger partial charge on any atom is 0.330 e. The lowest BCUT2D eigenvalue weighted by Gasteiger charge is -2.15. The topological polar surface area (TPSA) is 84.9 Å². The van der Waals surface area contributed by atoms with Crippen LogP contribution in [0.5, 0.6) is 11.5 Å². The summed E-state index contributed by atoms with van der Waals surface area (Å²) >= 11 is 0. The van der Waals surface area contributed by atoms with Gasteiger partial charge in [-0.25, -0.2) is 9.18 Å². The van der Waals surface area contributed by atoms with E-state index in [9.17, 15) is 19.1 Å². The molecule has 0 radical (unpaired) electrons. The molecule has 0 aliphatic carbocycles. The zero-order valence-electron chi connectivity index (χ0n) is 14.3. The van der Waals surface area contributed by atoms with Crippen LogP contribution in [-0.4, -0.2) is 30.7 Å². The van der Waals surface area contributed by atoms with Crippen LogP contribution < -0.4 is 14.8 Å². The summed E-state index contributed by atoms with van der Waals surface area (Å²) in [4.78, 5) is 23.4. The molecule has 1 amide bonds. The van der Waals surface area contributed by atoms with Gasteiger partial charge in [0, 0.05) is 6.42 Å². The molecule has 0 aliphatic rings. The number of carboxylic acids is 1. The Morgan fingerprint density at radius 2 is 1.85 bits per heavy atom. The van der Waals surface area contributed by atoms with Crippen molar-refractivity contribution in [3.63, 3.8) is 0 Å². The summed E-state index contributed by atoms with van der Waals surface area (Å²) in [5, 5.41) is 11.8. The van der Waals surface area contributed by atoms with Crippen molar-refractivity contribution in [1.29, 1.82) is 0 Å². The number of carbonyl (C=O) groups is 2. The molecule has 1 unspecified atom stereocenters. The van der Waals surface area contributed by atoms with Gasteiger partial charge in [0.25, 0.3) is 0 Å². The first-order valence-corrected chi connectivity index (χ1v) is 8.04. The first kappa shape index (κ1) is 19.2. The molecule has 2 aromatic rings. The predicted molar refractivity (Wildman–Crippen MR) is 92.6 cm³/mol. The van der Waals surface area contributed by atoms with Gasteiger partial charge < -0.3 is 19.9 Å². The Morgan fingerprint density at radius 3 is 2.46 bits per heavy atom. The van der Waals surface area contributed by atoms with Gasteiger partial charge in [-0.05, 0) is 36.2 Å². The number of rotatable bonds is 9. The van der Waals surface area contributed by atoms with E-state index in [1.165, 1.54) is 19.2 Å². The molecule has 1 atom stereocenters. The number of methoxy groups -OCH3 is 1. The lowest BCUT2D eigenvalue weighted by atomic mass is 10.1. The molecule has 0 heterocycles. The predicted octanol–water partition coefficient (Wildman–Crippen LogP) is 2.94. The Kier molecular flexibility index (Phi) is 6.96. The van der Waals surface area contributed by atoms with E-state index in [1.807, 2.05) is 0 Å². The Morgan fingerprint density at radius 1 is 1.15 bits per heavy atom. The summed E-state index contributed by atoms with van der Waals surface area (Å²) < 4.78 is 23.7. The molecule has 0 spiro atoms. The SMILES string of the molecule is COc1ccc(C(NC(=O)CCCOc2ccccc2F)C(=O)O)cc1. The van der Waals surface area contributed by atoms with Crippen LogP contribution in [0.3, 0.4) is 0 Å². The molecular weight excluding hydrogens is 341 g/mol. The number of halogens is 1. The highest BCUT2D eigenvalue weighted by atomic mass is 19.1. The van der Waals surface area contributed by atoms with Gasteiger partial charge in [0.1, 0.15) is 5.75 Å². The average Bonchev–Trinajstić information content (AvgIpc) is 2.64. The lowest BCUT2D eigenvalue weighted by Crippen LogP contribution is -2.33. The summed E-state index contributed by atoms with van der Waals surface area (Å²) in [5.74, 6) is -1.34. The van der Waals surface area contributed by atoms with Gasteiger partial charge >= 0.3 is 5.97 Å². The molecule has 2 aromatic carbocycles. The maximum atomic E-state index is 13.4. The van der Waals surface area contributed by atoms with Crippen molar-refractivity contribution in [1.82, 2.24) is 5.32 Å². The van der Waals surface area contributed by atoms with Gasteiger partial charge in [0.05, 0.1) is 13.7 Å². The fourth-order valence-electron chi connectivity index (χ4n) is 2.29. The second-order valence-electron chi connectivity index (χ2n) is 5.49. The number of amides is 1. The average molecular weight is 361 g/mol. The van der Waals surface area contributed by atoms with Gasteiger partial charge in [-0.3, -0.25) is 4.79 Å². The highest BCUT2D eigenvalue weighted by molar-refractivity contribution is 5.84. The molecule has 2 rings (SSSR count). The van der Waals surface area contributed by atoms with Gasteiger partial charge in [0.2, 0.25) is 5.91 Å². The van der Waals surface area contributed by atoms with Crippen LogP contribution in [0.2, 0.25) is 0 Å². The third-order valence-corrected chi connectivity index (χ3v) is 3.64. The number of hydrogen-bond acceptors (Lipinski definition) is 4. The molecule has 6 nitrogen and oxygen atoms in total. The molecule has 0 fully saturated rings. The van der Waals surface area contributed by atoms with Crippen molar-refractivity contribution in [3.8, 4) is 11.5 Å². The first-order chi connectivity index (χ1) is 12.5. The Balaban J connectivity index is 1.83. The van der Waals surface area contributed by atoms with E-state index in [0.717, 1.165) is 0 Å². The summed E-state index contributed by atoms with van der Waals surface area (Å²) in [6.07, 6.45) is 0.392. The number of carbonyl (C=O) groups excluding carboxylic acids is 1. The van der Waals surface area contributed by atoms with Gasteiger partial charge in [-0.1, -0.05) is 24.3 Å². The Labute approximate surface area is 150 Å². The normalized spacial score (nSPS) is 11.5. The second kappa shape index (κ2) is 9.41. The second-order valence-corrected chi connectivity index (χ2v) is 5.49. The smallest absolute Gasteiger partial charge is 0.330 e. The number of hydrogen-bond donors (Lipinski definition) is 2. The van der Waals surface area contributed by atoms with Crippen molar-refractivity contribution >= 4 is 11.9 Å². The number of nitrogens with one attached hydrogen (secondary N) is 1. The Bertz CT molecular complexity index is 748. The van der Waals surface area contributed by atoms with E-state index in [0.29, 0.717) is 17.7 Å². The van der Waals surface area contributed by atoms with Crippen molar-refractivity contribution in [2.24, 2.45) is 0 Å². The van der Waals surface area contributed by atoms with E-state index >= 15 is 0 Å². The van der Waals surface area contributed by atoms with Crippen LogP contribution >= 0.6 is 0 Å². The standard InChI is InChI=1S/C19H20FNO5/c1-25-14-10-8-13(9-11-14)18(19(23)24)21-17(22)7-4-12-26-16-6-3-2-5-15(16)20/h2-3,5-6,8-11,18H,4,7,12H2,1H3,(H,21,22)(H,23,24). The van der Waals surface area contributed by atoms with E-state index < -0.39 is 23.7 Å². The highest BCUT2D eigenvalue weighted by Gasteiger charge is 2.21. The molecule has 0 bridgehead atoms. The minimum Gasteiger partial charge on any atom is -0.497 e. The molecule has 2 N–H and O–H groups in total. The number of para-hydroxylation sites is 1. The monoisotopic (exact) mass is 361 g/mol. The summed E-state index contributed by atoms with van der Waals surface area (Å²) in [6.45, 7) is 0.147. The van der Waals surface area contributed by atoms with Crippen molar-refractivity contribution in [2.75, 3.05) is 13.7 Å². The maximum absolute atomic E-state index is 13.4. The van der Waals surface area contributed by atoms with Crippen LogP contribution in [0.1, 0.15) is 24.4 Å². The molecular formula is C19H20FNO5. The van der Waals surface area contributed by atoms with Crippen molar-refractivity contribution in [2.45, 2.75) is 18.9 Å². The first-order valence-electron chi connectivity index (χ1n) is 8.04. The van der Waals surface area contributed by atoms with Crippen LogP contribution in [-0.2, 0) is 9.59 Å². The fourth-order valence-corrected chi connectivity index (χ4v) is 2.29. The minimum absolute atomic E-state index is 0.0639. The number of ether oxygens (including phenoxy) is 2. The summed E-state index contributed by atoms with van der Waals surface area (Å²) in [5.41, 5.74) is 0.439. The van der Waals surface area contributed by atoms with Crippen LogP contribution in [0.15, 0.2) is 48.5 Å². The van der Waals surface area contributed by atoms with Gasteiger partial charge in [0.15, 0.2) is 17.6 Å². The molecule has 138 valence electrons. The number of benzene rings is 2. The minimum atomic E-state index is -1.16. The third kappa shape index (κ3) is 5.47. The Hall–Kier alpha value is -3.09. The van der Waals surface area contributed by atoms with E-state index in [1.54, 1.807) is 36.4 Å². The van der Waals surface area contributed by atoms with Gasteiger partial charge in [-0.15, -0.1) is 0 Å². The molecule has 0 aromatic heterocycles. The molecule has 26 heavy (non-hydrogen) atoms. The largest absolute Gasteiger partial charge is 0.497 e. The van der Waals surface area contributed by atoms with Crippen molar-refractivity contribution < 1.29 is 28.6 Å². The highest BCUT2D eigenvalue weighted by Crippen LogP contribution is 2.19. The van der Waals surface area contributed by atoms with E-state index in [2.05, 4.69) is 5.32 Å². The molecule has 0 saturated heterocycles. The molecule has 0 saturated carbocycles. The van der Waals surface area contributed by atoms with Crippen molar-refractivity contribution in [3.05, 3.63) is 59.9 Å². The zero-order chi connectivity index (χ0) is 18.9. The molecule has 0 aliphatic heterocycles. The van der Waals surface area contributed by atoms with Crippen LogP contribution in [0.4, 0.5) is 4.39 Å². The third-order valence-electron chi connectivity index (χ3n) is 3.64. The fraction of sp³-hybridized carbons (Fsp3) is 0.263. The van der Waals surface area contributed by atoms with Crippen LogP contribution in [0.25, 0.3) is 0 Å². The zero-order valence-corrected chi connectivity index (χ0v) is 14.3. The number of aliphatic carboxylic acids is 1. The lowest BCUT2D eigenvalue weighted by molar-refractivity contribution is -0.142. The van der Waals surface area contributed by atoms with E-state index in [4.69, 9.17) is 9.47 Å². The van der Waals surface area contributed by atoms with E-state index in [-0.39, 0.29) is 18.8 Å². The van der Waals surface area contributed by atoms with Crippen LogP contribution in [0, 0.1) is 5.82 Å². The summed E-state index contributed by atoms with van der Waals surface area (Å²) in [7, 11) is 1.51. The summed E-state index contributed by atoms with van der Waals surface area (Å²) in [6, 6.07) is 11.3. The molecule has 7 heteroatoms.